The number of rotatable bonds is 8. The highest BCUT2D eigenvalue weighted by molar-refractivity contribution is 6.30. The maximum Gasteiger partial charge on any atom is 0.253 e. The molecule has 5 aromatic rings. The van der Waals surface area contributed by atoms with Gasteiger partial charge in [-0.05, 0) is 79.5 Å². The molecular formula is C43H56ClN11O2. The second-order valence-electron chi connectivity index (χ2n) is 16.4. The molecule has 0 spiro atoms. The Balaban J connectivity index is 0.000000208. The zero-order valence-electron chi connectivity index (χ0n) is 34.5. The van der Waals surface area contributed by atoms with Crippen LogP contribution in [-0.2, 0) is 5.41 Å². The Morgan fingerprint density at radius 3 is 1.67 bits per heavy atom. The second-order valence-corrected chi connectivity index (χ2v) is 16.8. The number of nitrogens with one attached hydrogen (secondary N) is 1. The first-order chi connectivity index (χ1) is 27.2. The molecule has 0 atom stereocenters. The summed E-state index contributed by atoms with van der Waals surface area (Å²) in [5.41, 5.74) is 4.66. The van der Waals surface area contributed by atoms with Gasteiger partial charge < -0.3 is 34.1 Å². The Labute approximate surface area is 341 Å². The number of amides is 2. The second kappa shape index (κ2) is 17.8. The molecule has 2 aliphatic rings. The van der Waals surface area contributed by atoms with Crippen molar-refractivity contribution in [1.29, 1.82) is 0 Å². The van der Waals surface area contributed by atoms with Crippen LogP contribution in [0.25, 0.3) is 0 Å². The molecule has 0 saturated carbocycles. The molecule has 2 fully saturated rings. The third kappa shape index (κ3) is 10.3. The minimum atomic E-state index is -0.0659. The van der Waals surface area contributed by atoms with Gasteiger partial charge in [-0.1, -0.05) is 44.5 Å². The van der Waals surface area contributed by atoms with Gasteiger partial charge in [0, 0.05) is 108 Å². The first-order valence-electron chi connectivity index (χ1n) is 19.6. The van der Waals surface area contributed by atoms with Crippen LogP contribution in [0.3, 0.4) is 0 Å². The Hall–Kier alpha value is -5.43. The van der Waals surface area contributed by atoms with Crippen LogP contribution in [-0.4, -0.2) is 105 Å². The molecule has 14 heteroatoms. The van der Waals surface area contributed by atoms with Gasteiger partial charge in [-0.2, -0.15) is 0 Å². The summed E-state index contributed by atoms with van der Waals surface area (Å²) in [6.45, 7) is 12.2. The Bertz CT molecular complexity index is 2110. The minimum Gasteiger partial charge on any atom is -0.356 e. The summed E-state index contributed by atoms with van der Waals surface area (Å²) < 4.78 is 4.35. The van der Waals surface area contributed by atoms with Crippen molar-refractivity contribution in [3.05, 3.63) is 107 Å². The summed E-state index contributed by atoms with van der Waals surface area (Å²) in [7, 11) is 7.02. The van der Waals surface area contributed by atoms with Gasteiger partial charge in [0.2, 0.25) is 0 Å². The average molecular weight is 794 g/mol. The summed E-state index contributed by atoms with van der Waals surface area (Å²) in [5.74, 6) is 2.20. The van der Waals surface area contributed by atoms with Crippen molar-refractivity contribution >= 4 is 46.6 Å². The van der Waals surface area contributed by atoms with E-state index < -0.39 is 0 Å². The van der Waals surface area contributed by atoms with Gasteiger partial charge in [-0.3, -0.25) is 9.59 Å². The molecule has 2 amide bonds. The van der Waals surface area contributed by atoms with Gasteiger partial charge in [0.15, 0.2) is 0 Å². The molecule has 2 aliphatic heterocycles. The number of carbonyl (C=O) groups is 2. The topological polar surface area (TPSA) is 121 Å². The zero-order chi connectivity index (χ0) is 40.9. The highest BCUT2D eigenvalue weighted by Gasteiger charge is 2.25. The molecule has 1 aromatic carbocycles. The number of benzene rings is 1. The van der Waals surface area contributed by atoms with Crippen LogP contribution in [0.5, 0.6) is 0 Å². The fourth-order valence-electron chi connectivity index (χ4n) is 7.27. The smallest absolute Gasteiger partial charge is 0.253 e. The summed E-state index contributed by atoms with van der Waals surface area (Å²) in [5, 5.41) is 3.86. The first-order valence-corrected chi connectivity index (χ1v) is 20.0. The largest absolute Gasteiger partial charge is 0.356 e. The van der Waals surface area contributed by atoms with Crippen LogP contribution in [0.2, 0.25) is 5.15 Å². The SMILES string of the molecule is CN(C)C(=O)c1cc(Cl)nc(N2CCC(n3ccnc3)CC2)c1.Cc1ccc(C(C)(C)C)cc1Nc1cc(C(=O)N(C)C)cc(N2CCC(n3ccnc3)CC2)n1. The molecule has 4 aromatic heterocycles. The number of pyridine rings is 2. The fraction of sp³-hybridized carbons (Fsp3) is 0.442. The molecule has 57 heavy (non-hydrogen) atoms. The van der Waals surface area contributed by atoms with Gasteiger partial charge in [-0.15, -0.1) is 0 Å². The lowest BCUT2D eigenvalue weighted by Gasteiger charge is -2.33. The predicted octanol–water partition coefficient (Wildman–Crippen LogP) is 7.65. The van der Waals surface area contributed by atoms with E-state index in [-0.39, 0.29) is 17.2 Å². The van der Waals surface area contributed by atoms with Crippen LogP contribution in [0.15, 0.2) is 79.9 Å². The highest BCUT2D eigenvalue weighted by Crippen LogP contribution is 2.32. The molecule has 0 aliphatic carbocycles. The maximum atomic E-state index is 12.9. The van der Waals surface area contributed by atoms with E-state index in [1.165, 1.54) is 5.56 Å². The van der Waals surface area contributed by atoms with E-state index in [0.29, 0.717) is 34.2 Å². The Kier molecular flexibility index (Phi) is 12.9. The van der Waals surface area contributed by atoms with Crippen molar-refractivity contribution in [3.63, 3.8) is 0 Å². The van der Waals surface area contributed by atoms with Crippen LogP contribution < -0.4 is 15.1 Å². The van der Waals surface area contributed by atoms with Crippen LogP contribution >= 0.6 is 11.6 Å². The van der Waals surface area contributed by atoms with Crippen LogP contribution in [0.1, 0.15) is 90.4 Å². The van der Waals surface area contributed by atoms with Crippen molar-refractivity contribution in [1.82, 2.24) is 38.9 Å². The van der Waals surface area contributed by atoms with E-state index in [1.54, 1.807) is 44.1 Å². The summed E-state index contributed by atoms with van der Waals surface area (Å²) in [4.78, 5) is 50.3. The van der Waals surface area contributed by atoms with E-state index >= 15 is 0 Å². The lowest BCUT2D eigenvalue weighted by Crippen LogP contribution is -2.35. The highest BCUT2D eigenvalue weighted by atomic mass is 35.5. The van der Waals surface area contributed by atoms with Crippen molar-refractivity contribution in [2.45, 2.75) is 70.9 Å². The quantitative estimate of drug-likeness (QED) is 0.158. The van der Waals surface area contributed by atoms with Gasteiger partial charge in [-0.25, -0.2) is 19.9 Å². The minimum absolute atomic E-state index is 0.0276. The lowest BCUT2D eigenvalue weighted by atomic mass is 9.86. The number of piperidine rings is 2. The molecule has 7 rings (SSSR count). The Morgan fingerprint density at radius 1 is 0.719 bits per heavy atom. The predicted molar refractivity (Wildman–Crippen MR) is 228 cm³/mol. The molecular weight excluding hydrogens is 738 g/mol. The number of hydrogen-bond acceptors (Lipinski definition) is 9. The molecule has 6 heterocycles. The lowest BCUT2D eigenvalue weighted by molar-refractivity contribution is 0.0820. The van der Waals surface area contributed by atoms with Crippen molar-refractivity contribution in [2.24, 2.45) is 0 Å². The molecule has 0 radical (unpaired) electrons. The number of aromatic nitrogens is 6. The van der Waals surface area contributed by atoms with E-state index in [2.05, 4.69) is 85.1 Å². The molecule has 2 saturated heterocycles. The van der Waals surface area contributed by atoms with E-state index in [4.69, 9.17) is 16.6 Å². The fourth-order valence-corrected chi connectivity index (χ4v) is 7.47. The molecule has 13 nitrogen and oxygen atoms in total. The third-order valence-electron chi connectivity index (χ3n) is 10.7. The van der Waals surface area contributed by atoms with Crippen LogP contribution in [0, 0.1) is 6.92 Å². The van der Waals surface area contributed by atoms with E-state index in [1.807, 2.05) is 55.6 Å². The zero-order valence-corrected chi connectivity index (χ0v) is 35.2. The average Bonchev–Trinajstić information content (AvgIpc) is 3.94. The normalized spacial score (nSPS) is 15.2. The number of anilines is 4. The van der Waals surface area contributed by atoms with Gasteiger partial charge in [0.25, 0.3) is 11.8 Å². The van der Waals surface area contributed by atoms with Crippen molar-refractivity contribution in [3.8, 4) is 0 Å². The summed E-state index contributed by atoms with van der Waals surface area (Å²) in [6, 6.07) is 14.6. The molecule has 302 valence electrons. The Morgan fingerprint density at radius 2 is 1.21 bits per heavy atom. The molecule has 0 bridgehead atoms. The number of nitrogens with zero attached hydrogens (tertiary/aromatic N) is 10. The molecule has 1 N–H and O–H groups in total. The monoisotopic (exact) mass is 793 g/mol. The summed E-state index contributed by atoms with van der Waals surface area (Å²) >= 11 is 6.11. The van der Waals surface area contributed by atoms with Gasteiger partial charge in [0.1, 0.15) is 22.6 Å². The number of imidazole rings is 2. The van der Waals surface area contributed by atoms with E-state index in [9.17, 15) is 9.59 Å². The standard InChI is InChI=1S/C27H36N6O.C16H20ClN5O/c1-19-7-8-21(27(2,3)4)17-23(19)29-24-15-20(26(34)31(5)6)16-25(30-24)32-12-9-22(10-13-32)33-14-11-28-18-33;1-20(2)16(23)12-9-14(17)19-15(10-12)21-6-3-13(4-7-21)22-8-5-18-11-22/h7-8,11,14-18,22H,9-10,12-13H2,1-6H3,(H,29,30);5,8-11,13H,3-4,6-7H2,1-2H3. The van der Waals surface area contributed by atoms with Crippen molar-refractivity contribution < 1.29 is 9.59 Å². The molecule has 0 unspecified atom stereocenters. The van der Waals surface area contributed by atoms with E-state index in [0.717, 1.165) is 74.7 Å². The summed E-state index contributed by atoms with van der Waals surface area (Å²) in [6.07, 6.45) is 15.5. The van der Waals surface area contributed by atoms with Crippen LogP contribution in [0.4, 0.5) is 23.1 Å². The third-order valence-corrected chi connectivity index (χ3v) is 10.9. The van der Waals surface area contributed by atoms with Gasteiger partial charge in [0.05, 0.1) is 12.7 Å². The number of hydrogen-bond donors (Lipinski definition) is 1. The number of aryl methyl sites for hydroxylation is 1. The van der Waals surface area contributed by atoms with Gasteiger partial charge >= 0.3 is 0 Å². The number of carbonyl (C=O) groups excluding carboxylic acids is 2. The first kappa shape index (κ1) is 41.2. The van der Waals surface area contributed by atoms with Crippen molar-refractivity contribution in [2.75, 3.05) is 69.5 Å². The maximum absolute atomic E-state index is 12.9. The number of halogens is 1.